The first-order valence-electron chi connectivity index (χ1n) is 7.13. The molecular formula is C14H29N5. The molecule has 0 aromatic carbocycles. The van der Waals surface area contributed by atoms with Crippen LogP contribution < -0.4 is 10.6 Å². The molecule has 1 aromatic rings. The normalized spacial score (nSPS) is 11.3. The van der Waals surface area contributed by atoms with Gasteiger partial charge in [0, 0.05) is 25.7 Å². The largest absolute Gasteiger partial charge is 0.357 e. The third kappa shape index (κ3) is 4.21. The summed E-state index contributed by atoms with van der Waals surface area (Å²) >= 11 is 0. The third-order valence-electron chi connectivity index (χ3n) is 3.42. The molecular weight excluding hydrogens is 238 g/mol. The minimum Gasteiger partial charge on any atom is -0.357 e. The number of nitrogens with zero attached hydrogens (tertiary/aromatic N) is 4. The van der Waals surface area contributed by atoms with Crippen molar-refractivity contribution in [1.82, 2.24) is 14.7 Å². The van der Waals surface area contributed by atoms with Crippen molar-refractivity contribution in [2.45, 2.75) is 26.7 Å². The van der Waals surface area contributed by atoms with E-state index >= 15 is 0 Å². The van der Waals surface area contributed by atoms with Crippen LogP contribution in [0.2, 0.25) is 0 Å². The Morgan fingerprint density at radius 3 is 2.47 bits per heavy atom. The number of anilines is 1. The molecule has 0 fully saturated rings. The molecule has 0 saturated heterocycles. The first kappa shape index (κ1) is 16.0. The van der Waals surface area contributed by atoms with Crippen molar-refractivity contribution < 1.29 is 0 Å². The van der Waals surface area contributed by atoms with Crippen LogP contribution in [0, 0.1) is 6.92 Å². The van der Waals surface area contributed by atoms with Crippen molar-refractivity contribution >= 4 is 5.82 Å². The highest BCUT2D eigenvalue weighted by Crippen LogP contribution is 2.23. The van der Waals surface area contributed by atoms with Crippen molar-refractivity contribution in [1.29, 1.82) is 0 Å². The molecule has 0 amide bonds. The van der Waals surface area contributed by atoms with E-state index < -0.39 is 0 Å². The number of aryl methyl sites for hydroxylation is 2. The lowest BCUT2D eigenvalue weighted by Gasteiger charge is -2.25. The fourth-order valence-electron chi connectivity index (χ4n) is 2.51. The quantitative estimate of drug-likeness (QED) is 0.764. The summed E-state index contributed by atoms with van der Waals surface area (Å²) in [4.78, 5) is 4.64. The Bertz CT molecular complexity index is 383. The van der Waals surface area contributed by atoms with E-state index in [-0.39, 0.29) is 0 Å². The van der Waals surface area contributed by atoms with E-state index in [1.807, 2.05) is 11.7 Å². The lowest BCUT2D eigenvalue weighted by molar-refractivity contribution is 0.400. The predicted molar refractivity (Wildman–Crippen MR) is 81.8 cm³/mol. The van der Waals surface area contributed by atoms with Gasteiger partial charge in [0.25, 0.3) is 0 Å². The Morgan fingerprint density at radius 2 is 1.95 bits per heavy atom. The van der Waals surface area contributed by atoms with Crippen molar-refractivity contribution in [2.24, 2.45) is 12.8 Å². The number of hydrogen-bond donors (Lipinski definition) is 1. The topological polar surface area (TPSA) is 50.3 Å². The van der Waals surface area contributed by atoms with Gasteiger partial charge in [0.05, 0.1) is 5.69 Å². The van der Waals surface area contributed by atoms with Crippen molar-refractivity contribution in [2.75, 3.05) is 45.2 Å². The van der Waals surface area contributed by atoms with E-state index in [0.29, 0.717) is 6.54 Å². The molecule has 0 radical (unpaired) electrons. The minimum atomic E-state index is 0.675. The van der Waals surface area contributed by atoms with E-state index in [0.717, 1.165) is 38.2 Å². The summed E-state index contributed by atoms with van der Waals surface area (Å²) in [7, 11) is 6.26. The second-order valence-corrected chi connectivity index (χ2v) is 5.29. The van der Waals surface area contributed by atoms with E-state index in [1.54, 1.807) is 0 Å². The van der Waals surface area contributed by atoms with Crippen LogP contribution in [-0.4, -0.2) is 55.0 Å². The zero-order valence-electron chi connectivity index (χ0n) is 13.1. The van der Waals surface area contributed by atoms with Gasteiger partial charge in [-0.1, -0.05) is 0 Å². The Balaban J connectivity index is 2.84. The van der Waals surface area contributed by atoms with Crippen LogP contribution in [0.4, 0.5) is 5.82 Å². The Hall–Kier alpha value is -1.07. The Kier molecular flexibility index (Phi) is 6.31. The van der Waals surface area contributed by atoms with Gasteiger partial charge in [0.2, 0.25) is 0 Å². The average Bonchev–Trinajstić information content (AvgIpc) is 2.61. The van der Waals surface area contributed by atoms with Crippen LogP contribution in [0.5, 0.6) is 0 Å². The summed E-state index contributed by atoms with van der Waals surface area (Å²) in [5, 5.41) is 4.55. The third-order valence-corrected chi connectivity index (χ3v) is 3.42. The molecule has 2 N–H and O–H groups in total. The highest BCUT2D eigenvalue weighted by atomic mass is 15.4. The van der Waals surface area contributed by atoms with Gasteiger partial charge in [0.15, 0.2) is 0 Å². The summed E-state index contributed by atoms with van der Waals surface area (Å²) in [6, 6.07) is 0. The van der Waals surface area contributed by atoms with Crippen molar-refractivity contribution in [3.8, 4) is 0 Å². The number of rotatable bonds is 8. The number of hydrogen-bond acceptors (Lipinski definition) is 4. The SMILES string of the molecule is CCN(CCCN(C)C)c1c(CCN)c(C)nn1C. The molecule has 0 aliphatic carbocycles. The average molecular weight is 267 g/mol. The Morgan fingerprint density at radius 1 is 1.26 bits per heavy atom. The van der Waals surface area contributed by atoms with E-state index in [2.05, 4.69) is 42.8 Å². The molecule has 0 aliphatic rings. The maximum absolute atomic E-state index is 5.73. The van der Waals surface area contributed by atoms with E-state index in [4.69, 9.17) is 5.73 Å². The fraction of sp³-hybridized carbons (Fsp3) is 0.786. The predicted octanol–water partition coefficient (Wildman–Crippen LogP) is 1.01. The van der Waals surface area contributed by atoms with Gasteiger partial charge >= 0.3 is 0 Å². The zero-order valence-corrected chi connectivity index (χ0v) is 13.1. The molecule has 5 nitrogen and oxygen atoms in total. The number of nitrogens with two attached hydrogens (primary N) is 1. The van der Waals surface area contributed by atoms with Gasteiger partial charge in [-0.25, -0.2) is 0 Å². The molecule has 1 aromatic heterocycles. The summed E-state index contributed by atoms with van der Waals surface area (Å²) in [5.74, 6) is 1.24. The lowest BCUT2D eigenvalue weighted by Crippen LogP contribution is -2.29. The minimum absolute atomic E-state index is 0.675. The van der Waals surface area contributed by atoms with Crippen LogP contribution in [0.3, 0.4) is 0 Å². The van der Waals surface area contributed by atoms with Crippen LogP contribution in [0.1, 0.15) is 24.6 Å². The first-order valence-corrected chi connectivity index (χ1v) is 7.13. The van der Waals surface area contributed by atoms with Crippen LogP contribution in [0.25, 0.3) is 0 Å². The van der Waals surface area contributed by atoms with Crippen molar-refractivity contribution in [3.05, 3.63) is 11.3 Å². The van der Waals surface area contributed by atoms with Crippen LogP contribution in [0.15, 0.2) is 0 Å². The van der Waals surface area contributed by atoms with Gasteiger partial charge in [-0.15, -0.1) is 0 Å². The maximum Gasteiger partial charge on any atom is 0.130 e. The van der Waals surface area contributed by atoms with Crippen molar-refractivity contribution in [3.63, 3.8) is 0 Å². The van der Waals surface area contributed by atoms with Crippen LogP contribution >= 0.6 is 0 Å². The Labute approximate surface area is 117 Å². The summed E-state index contributed by atoms with van der Waals surface area (Å²) < 4.78 is 2.00. The van der Waals surface area contributed by atoms with E-state index in [1.165, 1.54) is 11.4 Å². The van der Waals surface area contributed by atoms with Crippen LogP contribution in [-0.2, 0) is 13.5 Å². The molecule has 0 saturated carbocycles. The molecule has 0 spiro atoms. The summed E-state index contributed by atoms with van der Waals surface area (Å²) in [6.45, 7) is 8.12. The first-order chi connectivity index (χ1) is 9.01. The molecule has 110 valence electrons. The van der Waals surface area contributed by atoms with Gasteiger partial charge in [-0.2, -0.15) is 5.10 Å². The smallest absolute Gasteiger partial charge is 0.130 e. The summed E-state index contributed by atoms with van der Waals surface area (Å²) in [6.07, 6.45) is 2.06. The van der Waals surface area contributed by atoms with E-state index in [9.17, 15) is 0 Å². The van der Waals surface area contributed by atoms with Gasteiger partial charge in [0.1, 0.15) is 5.82 Å². The van der Waals surface area contributed by atoms with Gasteiger partial charge in [-0.3, -0.25) is 4.68 Å². The molecule has 0 aliphatic heterocycles. The van der Waals surface area contributed by atoms with Gasteiger partial charge in [-0.05, 0) is 53.9 Å². The second-order valence-electron chi connectivity index (χ2n) is 5.29. The molecule has 0 atom stereocenters. The monoisotopic (exact) mass is 267 g/mol. The molecule has 0 unspecified atom stereocenters. The summed E-state index contributed by atoms with van der Waals surface area (Å²) in [5.41, 5.74) is 8.13. The standard InChI is InChI=1S/C14H29N5/c1-6-19(11-7-10-17(3)4)14-13(8-9-15)12(2)16-18(14)5/h6-11,15H2,1-5H3. The fourth-order valence-corrected chi connectivity index (χ4v) is 2.51. The highest BCUT2D eigenvalue weighted by Gasteiger charge is 2.17. The molecule has 1 heterocycles. The number of aromatic nitrogens is 2. The molecule has 0 bridgehead atoms. The molecule has 1 rings (SSSR count). The van der Waals surface area contributed by atoms with Gasteiger partial charge < -0.3 is 15.5 Å². The molecule has 19 heavy (non-hydrogen) atoms. The second kappa shape index (κ2) is 7.50. The lowest BCUT2D eigenvalue weighted by atomic mass is 10.1. The maximum atomic E-state index is 5.73. The molecule has 5 heteroatoms. The zero-order chi connectivity index (χ0) is 14.4. The highest BCUT2D eigenvalue weighted by molar-refractivity contribution is 5.50.